The summed E-state index contributed by atoms with van der Waals surface area (Å²) < 4.78 is 18.5. The summed E-state index contributed by atoms with van der Waals surface area (Å²) in [5.74, 6) is -0.161. The summed E-state index contributed by atoms with van der Waals surface area (Å²) in [5, 5.41) is 0. The Morgan fingerprint density at radius 1 is 1.15 bits per heavy atom. The molecule has 102 valence electrons. The normalized spacial score (nSPS) is 10.7. The van der Waals surface area contributed by atoms with Gasteiger partial charge in [0.15, 0.2) is 0 Å². The summed E-state index contributed by atoms with van der Waals surface area (Å²) in [6.07, 6.45) is 2.88. The lowest BCUT2D eigenvalue weighted by molar-refractivity contribution is -0.113. The molecule has 2 N–H and O–H groups in total. The van der Waals surface area contributed by atoms with E-state index in [0.717, 1.165) is 11.1 Å². The molecule has 0 radical (unpaired) electrons. The van der Waals surface area contributed by atoms with Crippen LogP contribution in [-0.2, 0) is 11.4 Å². The summed E-state index contributed by atoms with van der Waals surface area (Å²) in [4.78, 5) is 10.8. The molecule has 0 atom stereocenters. The van der Waals surface area contributed by atoms with Gasteiger partial charge in [0, 0.05) is 11.6 Å². The number of ether oxygens (including phenoxy) is 1. The number of nitrogens with two attached hydrogens (primary N) is 1. The number of carbonyl (C=O) groups is 1. The molecule has 20 heavy (non-hydrogen) atoms. The monoisotopic (exact) mass is 271 g/mol. The van der Waals surface area contributed by atoms with E-state index in [2.05, 4.69) is 0 Å². The number of primary amides is 1. The SMILES string of the molecule is NC(=O)C=Cc1ccccc1OCc1ccc(F)cc1. The summed E-state index contributed by atoms with van der Waals surface area (Å²) in [5.41, 5.74) is 6.69. The van der Waals surface area contributed by atoms with Crippen LogP contribution in [0.4, 0.5) is 4.39 Å². The Morgan fingerprint density at radius 3 is 2.55 bits per heavy atom. The third kappa shape index (κ3) is 3.95. The van der Waals surface area contributed by atoms with Gasteiger partial charge in [-0.15, -0.1) is 0 Å². The van der Waals surface area contributed by atoms with E-state index < -0.39 is 5.91 Å². The highest BCUT2D eigenvalue weighted by atomic mass is 19.1. The predicted molar refractivity (Wildman–Crippen MR) is 75.4 cm³/mol. The molecule has 0 saturated heterocycles. The maximum absolute atomic E-state index is 12.8. The molecule has 2 rings (SSSR count). The van der Waals surface area contributed by atoms with Crippen LogP contribution < -0.4 is 10.5 Å². The molecule has 0 aliphatic rings. The molecule has 4 heteroatoms. The van der Waals surface area contributed by atoms with Gasteiger partial charge in [0.1, 0.15) is 18.2 Å². The maximum Gasteiger partial charge on any atom is 0.241 e. The van der Waals surface area contributed by atoms with Crippen molar-refractivity contribution < 1.29 is 13.9 Å². The van der Waals surface area contributed by atoms with E-state index in [1.165, 1.54) is 18.2 Å². The fourth-order valence-electron chi connectivity index (χ4n) is 1.66. The van der Waals surface area contributed by atoms with E-state index in [9.17, 15) is 9.18 Å². The third-order valence-corrected chi connectivity index (χ3v) is 2.65. The van der Waals surface area contributed by atoms with Gasteiger partial charge in [-0.25, -0.2) is 4.39 Å². The quantitative estimate of drug-likeness (QED) is 0.850. The average molecular weight is 271 g/mol. The van der Waals surface area contributed by atoms with Crippen molar-refractivity contribution in [3.05, 3.63) is 71.6 Å². The van der Waals surface area contributed by atoms with Gasteiger partial charge in [-0.1, -0.05) is 30.3 Å². The number of hydrogen-bond acceptors (Lipinski definition) is 2. The van der Waals surface area contributed by atoms with Gasteiger partial charge < -0.3 is 10.5 Å². The highest BCUT2D eigenvalue weighted by Crippen LogP contribution is 2.20. The topological polar surface area (TPSA) is 52.3 Å². The predicted octanol–water partition coefficient (Wildman–Crippen LogP) is 2.90. The number of amides is 1. The maximum atomic E-state index is 12.8. The van der Waals surface area contributed by atoms with Gasteiger partial charge in [-0.2, -0.15) is 0 Å². The Labute approximate surface area is 116 Å². The van der Waals surface area contributed by atoms with Crippen molar-refractivity contribution in [2.75, 3.05) is 0 Å². The minimum absolute atomic E-state index is 0.279. The van der Waals surface area contributed by atoms with Gasteiger partial charge >= 0.3 is 0 Å². The first-order chi connectivity index (χ1) is 9.65. The highest BCUT2D eigenvalue weighted by molar-refractivity contribution is 5.90. The Kier molecular flexibility index (Phi) is 4.50. The van der Waals surface area contributed by atoms with Crippen LogP contribution >= 0.6 is 0 Å². The largest absolute Gasteiger partial charge is 0.488 e. The van der Waals surface area contributed by atoms with Gasteiger partial charge in [-0.05, 0) is 29.8 Å². The minimum Gasteiger partial charge on any atom is -0.488 e. The van der Waals surface area contributed by atoms with Crippen molar-refractivity contribution in [1.29, 1.82) is 0 Å². The third-order valence-electron chi connectivity index (χ3n) is 2.65. The molecule has 2 aromatic rings. The average Bonchev–Trinajstić information content (AvgIpc) is 2.45. The second kappa shape index (κ2) is 6.52. The first-order valence-corrected chi connectivity index (χ1v) is 6.09. The molecule has 0 aliphatic carbocycles. The summed E-state index contributed by atoms with van der Waals surface area (Å²) in [7, 11) is 0. The summed E-state index contributed by atoms with van der Waals surface area (Å²) >= 11 is 0. The highest BCUT2D eigenvalue weighted by Gasteiger charge is 2.01. The van der Waals surface area contributed by atoms with Crippen molar-refractivity contribution >= 4 is 12.0 Å². The van der Waals surface area contributed by atoms with Crippen LogP contribution in [0.2, 0.25) is 0 Å². The van der Waals surface area contributed by atoms with Crippen LogP contribution in [0.3, 0.4) is 0 Å². The molecule has 0 aliphatic heterocycles. The molecule has 0 heterocycles. The Hall–Kier alpha value is -2.62. The first-order valence-electron chi connectivity index (χ1n) is 6.09. The van der Waals surface area contributed by atoms with Crippen molar-refractivity contribution in [3.8, 4) is 5.75 Å². The van der Waals surface area contributed by atoms with Crippen molar-refractivity contribution in [3.63, 3.8) is 0 Å². The molecule has 0 fully saturated rings. The zero-order chi connectivity index (χ0) is 14.4. The summed E-state index contributed by atoms with van der Waals surface area (Å²) in [6, 6.07) is 13.4. The molecule has 0 unspecified atom stereocenters. The van der Waals surface area contributed by atoms with Crippen LogP contribution in [0, 0.1) is 5.82 Å². The first kappa shape index (κ1) is 13.8. The zero-order valence-electron chi connectivity index (χ0n) is 10.8. The number of rotatable bonds is 5. The van der Waals surface area contributed by atoms with Gasteiger partial charge in [-0.3, -0.25) is 4.79 Å². The lowest BCUT2D eigenvalue weighted by Crippen LogP contribution is -2.05. The van der Waals surface area contributed by atoms with E-state index in [1.807, 2.05) is 18.2 Å². The molecule has 0 saturated carbocycles. The van der Waals surface area contributed by atoms with E-state index in [-0.39, 0.29) is 5.82 Å². The van der Waals surface area contributed by atoms with Crippen LogP contribution in [0.5, 0.6) is 5.75 Å². The number of carbonyl (C=O) groups excluding carboxylic acids is 1. The van der Waals surface area contributed by atoms with Gasteiger partial charge in [0.05, 0.1) is 0 Å². The number of hydrogen-bond donors (Lipinski definition) is 1. The van der Waals surface area contributed by atoms with E-state index in [4.69, 9.17) is 10.5 Å². The van der Waals surface area contributed by atoms with Crippen LogP contribution in [0.25, 0.3) is 6.08 Å². The van der Waals surface area contributed by atoms with Crippen molar-refractivity contribution in [1.82, 2.24) is 0 Å². The van der Waals surface area contributed by atoms with E-state index in [1.54, 1.807) is 24.3 Å². The second-order valence-corrected chi connectivity index (χ2v) is 4.19. The molecule has 3 nitrogen and oxygen atoms in total. The standard InChI is InChI=1S/C16H14FNO2/c17-14-8-5-12(6-9-14)11-20-15-4-2-1-3-13(15)7-10-16(18)19/h1-10H,11H2,(H2,18,19). The minimum atomic E-state index is -0.515. The van der Waals surface area contributed by atoms with Crippen LogP contribution in [0.15, 0.2) is 54.6 Å². The fourth-order valence-corrected chi connectivity index (χ4v) is 1.66. The number of para-hydroxylation sites is 1. The number of halogens is 1. The lowest BCUT2D eigenvalue weighted by atomic mass is 10.2. The smallest absolute Gasteiger partial charge is 0.241 e. The molecule has 2 aromatic carbocycles. The van der Waals surface area contributed by atoms with Gasteiger partial charge in [0.25, 0.3) is 0 Å². The second-order valence-electron chi connectivity index (χ2n) is 4.19. The van der Waals surface area contributed by atoms with Crippen molar-refractivity contribution in [2.24, 2.45) is 5.73 Å². The molecular formula is C16H14FNO2. The molecular weight excluding hydrogens is 257 g/mol. The summed E-state index contributed by atoms with van der Waals surface area (Å²) in [6.45, 7) is 0.321. The van der Waals surface area contributed by atoms with Crippen LogP contribution in [0.1, 0.15) is 11.1 Å². The molecule has 0 bridgehead atoms. The number of benzene rings is 2. The Balaban J connectivity index is 2.09. The van der Waals surface area contributed by atoms with Gasteiger partial charge in [0.2, 0.25) is 5.91 Å². The molecule has 0 aromatic heterocycles. The Morgan fingerprint density at radius 2 is 1.85 bits per heavy atom. The molecule has 0 spiro atoms. The van der Waals surface area contributed by atoms with Crippen LogP contribution in [-0.4, -0.2) is 5.91 Å². The molecule has 1 amide bonds. The van der Waals surface area contributed by atoms with Crippen molar-refractivity contribution in [2.45, 2.75) is 6.61 Å². The lowest BCUT2D eigenvalue weighted by Gasteiger charge is -2.09. The Bertz CT molecular complexity index is 621. The zero-order valence-corrected chi connectivity index (χ0v) is 10.8. The van der Waals surface area contributed by atoms with E-state index in [0.29, 0.717) is 12.4 Å². The van der Waals surface area contributed by atoms with E-state index >= 15 is 0 Å². The fraction of sp³-hybridized carbons (Fsp3) is 0.0625.